The molecule has 0 unspecified atom stereocenters. The first kappa shape index (κ1) is 58.3. The van der Waals surface area contributed by atoms with E-state index >= 15 is 0 Å². The van der Waals surface area contributed by atoms with Gasteiger partial charge in [0.2, 0.25) is 0 Å². The Labute approximate surface area is 429 Å². The lowest BCUT2D eigenvalue weighted by molar-refractivity contribution is -0.315. The van der Waals surface area contributed by atoms with Gasteiger partial charge in [0, 0.05) is 86.9 Å². The van der Waals surface area contributed by atoms with E-state index in [0.717, 1.165) is 6.42 Å². The maximum Gasteiger partial charge on any atom is 0.303 e. The minimum Gasteiger partial charge on any atom is -0.463 e. The van der Waals surface area contributed by atoms with Crippen LogP contribution in [0.2, 0.25) is 0 Å². The van der Waals surface area contributed by atoms with Crippen molar-refractivity contribution in [2.24, 2.45) is 46.3 Å². The Hall–Kier alpha value is -3.95. The van der Waals surface area contributed by atoms with Gasteiger partial charge in [-0.1, -0.05) is 34.6 Å². The summed E-state index contributed by atoms with van der Waals surface area (Å²) in [5.74, 6) is -4.41. The van der Waals surface area contributed by atoms with E-state index < -0.39 is 126 Å². The molecule has 6 rings (SSSR count). The van der Waals surface area contributed by atoms with Crippen molar-refractivity contribution < 1.29 is 95.1 Å². The second-order valence-corrected chi connectivity index (χ2v) is 22.3. The average molecular weight is 1040 g/mol. The second-order valence-electron chi connectivity index (χ2n) is 22.3. The van der Waals surface area contributed by atoms with Gasteiger partial charge in [0.1, 0.15) is 48.8 Å². The summed E-state index contributed by atoms with van der Waals surface area (Å²) < 4.78 is 79.2. The molecule has 4 aliphatic carbocycles. The SMILES string of the molecule is CO[C@@H]1[C@@H](OC)[C@H](O[C@H]2[C@H](O[C@@H](CC[C@@H](C)[C@H]3C[C@@H](OC(C)=O)[C@@H]4[C@]3(C)CC[C@@H]3[C@@]5(C)CC[C@H](OC(C)=O)C[C@@H]5[C@@H](OC(C)=O)C[C@]34OC(C)=O)C(C)C)O[C@@H](COC(C)=O)[C@@H]2OC(C)=O)OC[C@H]1OC(C)=O. The molecule has 6 fully saturated rings. The molecule has 0 aromatic carbocycles. The van der Waals surface area contributed by atoms with Gasteiger partial charge >= 0.3 is 41.8 Å². The van der Waals surface area contributed by atoms with Crippen LogP contribution in [0.4, 0.5) is 0 Å². The maximum atomic E-state index is 13.5. The topological polar surface area (TPSA) is 239 Å². The highest BCUT2D eigenvalue weighted by Crippen LogP contribution is 2.71. The van der Waals surface area contributed by atoms with Crippen molar-refractivity contribution >= 4 is 41.8 Å². The zero-order valence-corrected chi connectivity index (χ0v) is 45.3. The summed E-state index contributed by atoms with van der Waals surface area (Å²) in [5.41, 5.74) is -2.17. The summed E-state index contributed by atoms with van der Waals surface area (Å²) in [4.78, 5) is 88.4. The number of hydrogen-bond acceptors (Lipinski definition) is 20. The lowest BCUT2D eigenvalue weighted by Crippen LogP contribution is -2.70. The number of esters is 7. The first-order valence-corrected chi connectivity index (χ1v) is 26.1. The van der Waals surface area contributed by atoms with Crippen molar-refractivity contribution in [3.05, 3.63) is 0 Å². The third-order valence-electron chi connectivity index (χ3n) is 17.1. The Kier molecular flexibility index (Phi) is 19.1. The highest BCUT2D eigenvalue weighted by atomic mass is 16.8. The molecule has 0 N–H and O–H groups in total. The van der Waals surface area contributed by atoms with Crippen LogP contribution in [-0.2, 0) is 95.1 Å². The Balaban J connectivity index is 1.29. The smallest absolute Gasteiger partial charge is 0.303 e. The zero-order chi connectivity index (χ0) is 53.9. The monoisotopic (exact) mass is 1040 g/mol. The van der Waals surface area contributed by atoms with E-state index in [4.69, 9.17) is 61.6 Å². The van der Waals surface area contributed by atoms with Gasteiger partial charge in [-0.05, 0) is 80.0 Å². The summed E-state index contributed by atoms with van der Waals surface area (Å²) in [7, 11) is 2.88. The van der Waals surface area contributed by atoms with Crippen LogP contribution in [0, 0.1) is 46.3 Å². The molecule has 73 heavy (non-hydrogen) atoms. The lowest BCUT2D eigenvalue weighted by Gasteiger charge is -2.67. The van der Waals surface area contributed by atoms with Crippen LogP contribution < -0.4 is 0 Å². The quantitative estimate of drug-likeness (QED) is 0.111. The normalized spacial score (nSPS) is 39.6. The number of carbonyl (C=O) groups excluding carboxylic acids is 7. The van der Waals surface area contributed by atoms with Crippen molar-refractivity contribution in [1.29, 1.82) is 0 Å². The number of ether oxygens (including phenoxy) is 13. The fraction of sp³-hybridized carbons (Fsp3) is 0.868. The number of carbonyl (C=O) groups is 7. The molecule has 4 saturated carbocycles. The van der Waals surface area contributed by atoms with Crippen LogP contribution in [0.25, 0.3) is 0 Å². The van der Waals surface area contributed by atoms with Gasteiger partial charge in [-0.2, -0.15) is 0 Å². The summed E-state index contributed by atoms with van der Waals surface area (Å²) >= 11 is 0. The van der Waals surface area contributed by atoms with Crippen LogP contribution in [0.3, 0.4) is 0 Å². The Morgan fingerprint density at radius 3 is 1.79 bits per heavy atom. The zero-order valence-electron chi connectivity index (χ0n) is 45.3. The lowest BCUT2D eigenvalue weighted by atomic mass is 9.41. The molecule has 20 heteroatoms. The van der Waals surface area contributed by atoms with Gasteiger partial charge in [-0.25, -0.2) is 0 Å². The van der Waals surface area contributed by atoms with Crippen LogP contribution in [-0.4, -0.2) is 148 Å². The van der Waals surface area contributed by atoms with E-state index in [1.807, 2.05) is 13.8 Å². The van der Waals surface area contributed by atoms with Gasteiger partial charge in [-0.3, -0.25) is 33.6 Å². The predicted molar refractivity (Wildman–Crippen MR) is 254 cm³/mol. The van der Waals surface area contributed by atoms with Gasteiger partial charge in [0.15, 0.2) is 30.9 Å². The van der Waals surface area contributed by atoms with E-state index in [2.05, 4.69) is 20.8 Å². The summed E-state index contributed by atoms with van der Waals surface area (Å²) in [6.45, 7) is 19.6. The first-order chi connectivity index (χ1) is 34.3. The highest BCUT2D eigenvalue weighted by molar-refractivity contribution is 5.69. The van der Waals surface area contributed by atoms with Crippen molar-refractivity contribution in [3.63, 3.8) is 0 Å². The minimum absolute atomic E-state index is 0.00972. The van der Waals surface area contributed by atoms with Crippen molar-refractivity contribution in [1.82, 2.24) is 0 Å². The number of hydrogen-bond donors (Lipinski definition) is 0. The second kappa shape index (κ2) is 23.9. The van der Waals surface area contributed by atoms with Gasteiger partial charge in [0.05, 0.1) is 12.7 Å². The first-order valence-electron chi connectivity index (χ1n) is 26.1. The Bertz CT molecular complexity index is 1990. The summed E-state index contributed by atoms with van der Waals surface area (Å²) in [6.07, 6.45) is -5.13. The molecule has 2 aliphatic heterocycles. The predicted octanol–water partition coefficient (Wildman–Crippen LogP) is 5.73. The number of fused-ring (bicyclic) bond motifs is 5. The molecule has 2 heterocycles. The fourth-order valence-electron chi connectivity index (χ4n) is 14.6. The largest absolute Gasteiger partial charge is 0.463 e. The molecular weight excluding hydrogens is 957 g/mol. The molecule has 414 valence electrons. The molecule has 0 bridgehead atoms. The van der Waals surface area contributed by atoms with E-state index in [0.29, 0.717) is 44.9 Å². The van der Waals surface area contributed by atoms with Crippen molar-refractivity contribution in [3.8, 4) is 0 Å². The number of rotatable bonds is 19. The molecular formula is C53H82O20. The fourth-order valence-corrected chi connectivity index (χ4v) is 14.6. The summed E-state index contributed by atoms with van der Waals surface area (Å²) in [6, 6.07) is 0. The maximum absolute atomic E-state index is 13.5. The van der Waals surface area contributed by atoms with Crippen LogP contribution >= 0.6 is 0 Å². The number of methoxy groups -OCH3 is 2. The van der Waals surface area contributed by atoms with E-state index in [1.165, 1.54) is 62.7 Å². The third kappa shape index (κ3) is 12.7. The van der Waals surface area contributed by atoms with Crippen molar-refractivity contribution in [2.75, 3.05) is 27.4 Å². The van der Waals surface area contributed by atoms with Gasteiger partial charge in [0.25, 0.3) is 0 Å². The van der Waals surface area contributed by atoms with Crippen LogP contribution in [0.1, 0.15) is 141 Å². The van der Waals surface area contributed by atoms with E-state index in [1.54, 1.807) is 0 Å². The Morgan fingerprint density at radius 1 is 0.616 bits per heavy atom. The van der Waals surface area contributed by atoms with Crippen LogP contribution in [0.5, 0.6) is 0 Å². The van der Waals surface area contributed by atoms with Gasteiger partial charge < -0.3 is 61.6 Å². The molecule has 0 radical (unpaired) electrons. The van der Waals surface area contributed by atoms with E-state index in [9.17, 15) is 33.6 Å². The molecule has 0 spiro atoms. The molecule has 2 saturated heterocycles. The Morgan fingerprint density at radius 2 is 1.22 bits per heavy atom. The molecule has 0 aromatic rings. The molecule has 0 aromatic heterocycles. The minimum atomic E-state index is -1.17. The molecule has 20 nitrogen and oxygen atoms in total. The molecule has 0 amide bonds. The standard InChI is InChI=1S/C53H82O20/c1-26(2)38(70-50-47(45(69-33(9)59)42(71-50)24-63-28(4)54)72-49-46(62-14)44(61-13)41(25-64-49)68-32(8)58)16-15-27(3)36-22-39(66-30(6)56)48-52(36,12)20-18-43-51(11)19-17-35(65-29(5)55)21-37(51)40(67-31(7)57)23-53(43,48)73-34(10)60/h26-27,35-50H,15-25H2,1-14H3/t27-,35+,36-,37-,38+,39-,40+,41-,42+,43-,44+,45+,46-,47-,48-,49+,50-,51+,52-,53+/m1/s1. The van der Waals surface area contributed by atoms with E-state index in [-0.39, 0.29) is 61.3 Å². The summed E-state index contributed by atoms with van der Waals surface area (Å²) in [5, 5.41) is 0. The van der Waals surface area contributed by atoms with Gasteiger partial charge in [-0.15, -0.1) is 0 Å². The van der Waals surface area contributed by atoms with Crippen LogP contribution in [0.15, 0.2) is 0 Å². The van der Waals surface area contributed by atoms with Crippen molar-refractivity contribution in [2.45, 2.75) is 220 Å². The average Bonchev–Trinajstić information content (AvgIpc) is 3.75. The molecule has 6 aliphatic rings. The highest BCUT2D eigenvalue weighted by Gasteiger charge is 2.74. The molecule has 20 atom stereocenters. The third-order valence-corrected chi connectivity index (χ3v) is 17.1.